The Labute approximate surface area is 101 Å². The fraction of sp³-hybridized carbons (Fsp3) is 0.538. The van der Waals surface area contributed by atoms with E-state index in [0.717, 1.165) is 18.5 Å². The standard InChI is InChI=1S/C13H17ClFN/c14-9-12-6-3-4-8-16(12)10-11-5-1-2-7-13(11)15/h1-2,5,7,12H,3-4,6,8-10H2. The van der Waals surface area contributed by atoms with Crippen molar-refractivity contribution in [2.24, 2.45) is 0 Å². The predicted molar refractivity (Wildman–Crippen MR) is 65.2 cm³/mol. The van der Waals surface area contributed by atoms with Crippen molar-refractivity contribution in [3.63, 3.8) is 0 Å². The summed E-state index contributed by atoms with van der Waals surface area (Å²) >= 11 is 5.95. The molecule has 2 rings (SSSR count). The number of likely N-dealkylation sites (tertiary alicyclic amines) is 1. The Balaban J connectivity index is 2.05. The van der Waals surface area contributed by atoms with Gasteiger partial charge in [-0.2, -0.15) is 0 Å². The van der Waals surface area contributed by atoms with Crippen molar-refractivity contribution in [1.29, 1.82) is 0 Å². The maximum Gasteiger partial charge on any atom is 0.127 e. The first-order valence-corrected chi connectivity index (χ1v) is 6.38. The highest BCUT2D eigenvalue weighted by molar-refractivity contribution is 6.18. The monoisotopic (exact) mass is 241 g/mol. The zero-order valence-corrected chi connectivity index (χ0v) is 10.1. The molecule has 1 heterocycles. The molecule has 1 atom stereocenters. The van der Waals surface area contributed by atoms with Crippen LogP contribution in [0.4, 0.5) is 4.39 Å². The van der Waals surface area contributed by atoms with Gasteiger partial charge in [-0.05, 0) is 25.5 Å². The molecule has 1 nitrogen and oxygen atoms in total. The summed E-state index contributed by atoms with van der Waals surface area (Å²) in [5, 5.41) is 0. The first kappa shape index (κ1) is 11.9. The van der Waals surface area contributed by atoms with Crippen molar-refractivity contribution in [2.45, 2.75) is 31.8 Å². The largest absolute Gasteiger partial charge is 0.295 e. The first-order valence-electron chi connectivity index (χ1n) is 5.84. The summed E-state index contributed by atoms with van der Waals surface area (Å²) in [6, 6.07) is 7.41. The molecule has 0 radical (unpaired) electrons. The fourth-order valence-electron chi connectivity index (χ4n) is 2.29. The number of rotatable bonds is 3. The number of piperidine rings is 1. The van der Waals surface area contributed by atoms with Crippen LogP contribution in [0.2, 0.25) is 0 Å². The molecule has 1 aliphatic heterocycles. The third kappa shape index (κ3) is 2.74. The zero-order chi connectivity index (χ0) is 11.4. The number of hydrogen-bond acceptors (Lipinski definition) is 1. The number of halogens is 2. The SMILES string of the molecule is Fc1ccccc1CN1CCCCC1CCl. The Hall–Kier alpha value is -0.600. The number of nitrogens with zero attached hydrogens (tertiary/aromatic N) is 1. The summed E-state index contributed by atoms with van der Waals surface area (Å²) in [6.45, 7) is 1.72. The lowest BCUT2D eigenvalue weighted by Crippen LogP contribution is -2.40. The highest BCUT2D eigenvalue weighted by Crippen LogP contribution is 2.21. The molecule has 0 N–H and O–H groups in total. The Bertz CT molecular complexity index is 342. The molecule has 0 amide bonds. The molecule has 1 aromatic rings. The molecule has 88 valence electrons. The summed E-state index contributed by atoms with van der Waals surface area (Å²) in [4.78, 5) is 2.30. The van der Waals surface area contributed by atoms with Gasteiger partial charge in [-0.25, -0.2) is 4.39 Å². The first-order chi connectivity index (χ1) is 7.81. The van der Waals surface area contributed by atoms with Crippen molar-refractivity contribution in [1.82, 2.24) is 4.90 Å². The lowest BCUT2D eigenvalue weighted by Gasteiger charge is -2.34. The third-order valence-electron chi connectivity index (χ3n) is 3.26. The van der Waals surface area contributed by atoms with Gasteiger partial charge in [0.1, 0.15) is 5.82 Å². The van der Waals surface area contributed by atoms with Crippen molar-refractivity contribution in [3.05, 3.63) is 35.6 Å². The van der Waals surface area contributed by atoms with Gasteiger partial charge < -0.3 is 0 Å². The number of benzene rings is 1. The lowest BCUT2D eigenvalue weighted by atomic mass is 10.0. The molecule has 16 heavy (non-hydrogen) atoms. The topological polar surface area (TPSA) is 3.24 Å². The molecule has 0 saturated carbocycles. The number of hydrogen-bond donors (Lipinski definition) is 0. The molecule has 3 heteroatoms. The summed E-state index contributed by atoms with van der Waals surface area (Å²) in [5.41, 5.74) is 0.777. The Morgan fingerprint density at radius 2 is 2.12 bits per heavy atom. The summed E-state index contributed by atoms with van der Waals surface area (Å²) in [5.74, 6) is 0.537. The van der Waals surface area contributed by atoms with Gasteiger partial charge in [0.25, 0.3) is 0 Å². The normalized spacial score (nSPS) is 22.2. The lowest BCUT2D eigenvalue weighted by molar-refractivity contribution is 0.153. The van der Waals surface area contributed by atoms with Gasteiger partial charge in [-0.3, -0.25) is 4.90 Å². The van der Waals surface area contributed by atoms with Crippen LogP contribution >= 0.6 is 11.6 Å². The van der Waals surface area contributed by atoms with Crippen LogP contribution in [-0.2, 0) is 6.54 Å². The van der Waals surface area contributed by atoms with Gasteiger partial charge in [0.2, 0.25) is 0 Å². The predicted octanol–water partition coefficient (Wildman–Crippen LogP) is 3.42. The van der Waals surface area contributed by atoms with Crippen LogP contribution in [0.5, 0.6) is 0 Å². The Morgan fingerprint density at radius 1 is 1.31 bits per heavy atom. The summed E-state index contributed by atoms with van der Waals surface area (Å²) < 4.78 is 13.5. The molecular formula is C13H17ClFN. The highest BCUT2D eigenvalue weighted by Gasteiger charge is 2.22. The minimum atomic E-state index is -0.110. The molecule has 1 fully saturated rings. The highest BCUT2D eigenvalue weighted by atomic mass is 35.5. The van der Waals surface area contributed by atoms with E-state index in [2.05, 4.69) is 4.90 Å². The molecule has 1 saturated heterocycles. The van der Waals surface area contributed by atoms with Crippen LogP contribution in [-0.4, -0.2) is 23.4 Å². The quantitative estimate of drug-likeness (QED) is 0.733. The molecule has 1 aliphatic rings. The molecular weight excluding hydrogens is 225 g/mol. The van der Waals surface area contributed by atoms with E-state index in [9.17, 15) is 4.39 Å². The van der Waals surface area contributed by atoms with Crippen molar-refractivity contribution >= 4 is 11.6 Å². The van der Waals surface area contributed by atoms with Crippen LogP contribution in [0.15, 0.2) is 24.3 Å². The van der Waals surface area contributed by atoms with E-state index in [1.54, 1.807) is 6.07 Å². The van der Waals surface area contributed by atoms with Gasteiger partial charge >= 0.3 is 0 Å². The van der Waals surface area contributed by atoms with Crippen LogP contribution < -0.4 is 0 Å². The van der Waals surface area contributed by atoms with Crippen molar-refractivity contribution in [3.8, 4) is 0 Å². The van der Waals surface area contributed by atoms with E-state index < -0.39 is 0 Å². The van der Waals surface area contributed by atoms with Crippen molar-refractivity contribution < 1.29 is 4.39 Å². The summed E-state index contributed by atoms with van der Waals surface area (Å²) in [6.07, 6.45) is 3.57. The Kier molecular flexibility index (Phi) is 4.19. The van der Waals surface area contributed by atoms with E-state index >= 15 is 0 Å². The van der Waals surface area contributed by atoms with Crippen molar-refractivity contribution in [2.75, 3.05) is 12.4 Å². The molecule has 0 spiro atoms. The third-order valence-corrected chi connectivity index (χ3v) is 3.61. The average molecular weight is 242 g/mol. The van der Waals surface area contributed by atoms with Crippen LogP contribution in [0.1, 0.15) is 24.8 Å². The minimum absolute atomic E-state index is 0.110. The van der Waals surface area contributed by atoms with Gasteiger partial charge in [-0.15, -0.1) is 11.6 Å². The van der Waals surface area contributed by atoms with E-state index in [1.165, 1.54) is 18.9 Å². The maximum atomic E-state index is 13.5. The van der Waals surface area contributed by atoms with E-state index in [1.807, 2.05) is 12.1 Å². The second-order valence-corrected chi connectivity index (χ2v) is 4.67. The van der Waals surface area contributed by atoms with Gasteiger partial charge in [0.05, 0.1) is 0 Å². The summed E-state index contributed by atoms with van der Waals surface area (Å²) in [7, 11) is 0. The minimum Gasteiger partial charge on any atom is -0.295 e. The van der Waals surface area contributed by atoms with Gasteiger partial charge in [0.15, 0.2) is 0 Å². The fourth-order valence-corrected chi connectivity index (χ4v) is 2.64. The van der Waals surface area contributed by atoms with Crippen LogP contribution in [0.25, 0.3) is 0 Å². The smallest absolute Gasteiger partial charge is 0.127 e. The second kappa shape index (κ2) is 5.65. The maximum absolute atomic E-state index is 13.5. The van der Waals surface area contributed by atoms with Gasteiger partial charge in [-0.1, -0.05) is 24.6 Å². The van der Waals surface area contributed by atoms with Crippen LogP contribution in [0, 0.1) is 5.82 Å². The molecule has 0 aromatic heterocycles. The average Bonchev–Trinajstić information content (AvgIpc) is 2.33. The van der Waals surface area contributed by atoms with Gasteiger partial charge in [0, 0.05) is 24.0 Å². The zero-order valence-electron chi connectivity index (χ0n) is 9.33. The Morgan fingerprint density at radius 3 is 2.88 bits per heavy atom. The molecule has 0 bridgehead atoms. The molecule has 0 aliphatic carbocycles. The molecule has 1 unspecified atom stereocenters. The van der Waals surface area contributed by atoms with E-state index in [0.29, 0.717) is 18.5 Å². The van der Waals surface area contributed by atoms with E-state index in [-0.39, 0.29) is 5.82 Å². The van der Waals surface area contributed by atoms with E-state index in [4.69, 9.17) is 11.6 Å². The van der Waals surface area contributed by atoms with Crippen LogP contribution in [0.3, 0.4) is 0 Å². The molecule has 1 aromatic carbocycles. The number of alkyl halides is 1. The second-order valence-electron chi connectivity index (χ2n) is 4.37.